The number of anilines is 1. The first-order valence-corrected chi connectivity index (χ1v) is 7.63. The van der Waals surface area contributed by atoms with E-state index in [-0.39, 0.29) is 29.6 Å². The molecule has 3 N–H and O–H groups in total. The summed E-state index contributed by atoms with van der Waals surface area (Å²) in [5.74, 6) is -0.266. The second kappa shape index (κ2) is 6.67. The maximum atomic E-state index is 12.5. The van der Waals surface area contributed by atoms with E-state index in [1.807, 2.05) is 0 Å². The van der Waals surface area contributed by atoms with E-state index >= 15 is 0 Å². The highest BCUT2D eigenvalue weighted by Crippen LogP contribution is 2.23. The van der Waals surface area contributed by atoms with Gasteiger partial charge in [-0.3, -0.25) is 14.4 Å². The van der Waals surface area contributed by atoms with Crippen LogP contribution in [0.3, 0.4) is 0 Å². The molecule has 0 saturated heterocycles. The lowest BCUT2D eigenvalue weighted by Gasteiger charge is -2.18. The van der Waals surface area contributed by atoms with E-state index in [0.717, 1.165) is 0 Å². The minimum Gasteiger partial charge on any atom is -0.358 e. The molecule has 0 bridgehead atoms. The Morgan fingerprint density at radius 2 is 2.08 bits per heavy atom. The molecule has 2 aromatic rings. The molecule has 130 valence electrons. The monoisotopic (exact) mass is 344 g/mol. The summed E-state index contributed by atoms with van der Waals surface area (Å²) in [4.78, 5) is 43.5. The third-order valence-electron chi connectivity index (χ3n) is 3.78. The Kier molecular flexibility index (Phi) is 4.42. The quantitative estimate of drug-likeness (QED) is 0.720. The average molecular weight is 344 g/mol. The molecule has 1 unspecified atom stereocenters. The van der Waals surface area contributed by atoms with E-state index in [2.05, 4.69) is 31.1 Å². The molecule has 1 aliphatic heterocycles. The maximum Gasteiger partial charge on any atom is 0.273 e. The first kappa shape index (κ1) is 16.6. The van der Waals surface area contributed by atoms with Crippen molar-refractivity contribution in [3.05, 3.63) is 35.1 Å². The van der Waals surface area contributed by atoms with E-state index in [0.29, 0.717) is 23.6 Å². The van der Waals surface area contributed by atoms with E-state index in [1.165, 1.54) is 19.4 Å². The fourth-order valence-electron chi connectivity index (χ4n) is 2.45. The Morgan fingerprint density at radius 3 is 2.84 bits per heavy atom. The molecule has 0 saturated carbocycles. The number of nitrogens with one attached hydrogen (secondary N) is 3. The van der Waals surface area contributed by atoms with Gasteiger partial charge in [0.25, 0.3) is 11.8 Å². The number of aromatic nitrogens is 3. The molecule has 10 nitrogen and oxygen atoms in total. The fourth-order valence-corrected chi connectivity index (χ4v) is 2.45. The predicted octanol–water partition coefficient (Wildman–Crippen LogP) is 0.200. The topological polar surface area (TPSA) is 139 Å². The number of hydrogen-bond donors (Lipinski definition) is 3. The highest BCUT2D eigenvalue weighted by Gasteiger charge is 2.25. The Labute approximate surface area is 142 Å². The molecule has 0 spiro atoms. The van der Waals surface area contributed by atoms with Crippen molar-refractivity contribution in [2.45, 2.75) is 25.8 Å². The van der Waals surface area contributed by atoms with Crippen LogP contribution in [0.2, 0.25) is 0 Å². The zero-order valence-electron chi connectivity index (χ0n) is 13.6. The van der Waals surface area contributed by atoms with Gasteiger partial charge in [-0.15, -0.1) is 0 Å². The number of nitrogens with zero attached hydrogens (tertiary/aromatic N) is 3. The lowest BCUT2D eigenvalue weighted by Crippen LogP contribution is -2.30. The van der Waals surface area contributed by atoms with Crippen molar-refractivity contribution in [3.8, 4) is 0 Å². The van der Waals surface area contributed by atoms with Gasteiger partial charge >= 0.3 is 0 Å². The van der Waals surface area contributed by atoms with Crippen LogP contribution in [0.15, 0.2) is 16.9 Å². The van der Waals surface area contributed by atoms with Gasteiger partial charge < -0.3 is 20.5 Å². The standard InChI is InChI=1S/C15H16N6O4/c1-7(10-5-9(21-25-10)14(23)16-2)19-15(24)12-8-3-4-11(22)20-13(8)18-6-17-12/h5-7H,3-4H2,1-2H3,(H,16,23)(H,19,24)(H,17,18,20,22). The van der Waals surface area contributed by atoms with Crippen LogP contribution in [0.4, 0.5) is 5.82 Å². The van der Waals surface area contributed by atoms with Crippen molar-refractivity contribution in [3.63, 3.8) is 0 Å². The SMILES string of the molecule is CNC(=O)c1cc(C(C)NC(=O)c2ncnc3c2CCC(=O)N3)on1. The van der Waals surface area contributed by atoms with Crippen LogP contribution < -0.4 is 16.0 Å². The highest BCUT2D eigenvalue weighted by molar-refractivity contribution is 5.99. The van der Waals surface area contributed by atoms with Gasteiger partial charge in [-0.2, -0.15) is 0 Å². The van der Waals surface area contributed by atoms with Gasteiger partial charge in [0.05, 0.1) is 6.04 Å². The third-order valence-corrected chi connectivity index (χ3v) is 3.78. The van der Waals surface area contributed by atoms with Crippen molar-refractivity contribution in [1.29, 1.82) is 0 Å². The van der Waals surface area contributed by atoms with Crippen LogP contribution in [-0.4, -0.2) is 39.9 Å². The van der Waals surface area contributed by atoms with Gasteiger partial charge in [-0.1, -0.05) is 5.16 Å². The molecule has 0 radical (unpaired) electrons. The molecule has 3 rings (SSSR count). The van der Waals surface area contributed by atoms with Gasteiger partial charge in [0.15, 0.2) is 11.5 Å². The van der Waals surface area contributed by atoms with Crippen molar-refractivity contribution in [2.75, 3.05) is 12.4 Å². The molecule has 25 heavy (non-hydrogen) atoms. The molecule has 3 amide bonds. The maximum absolute atomic E-state index is 12.5. The molecule has 3 heterocycles. The van der Waals surface area contributed by atoms with Crippen molar-refractivity contribution >= 4 is 23.5 Å². The van der Waals surface area contributed by atoms with Crippen LogP contribution in [0.25, 0.3) is 0 Å². The Bertz CT molecular complexity index is 846. The van der Waals surface area contributed by atoms with Gasteiger partial charge in [0, 0.05) is 25.1 Å². The minimum atomic E-state index is -0.526. The van der Waals surface area contributed by atoms with Gasteiger partial charge in [0.2, 0.25) is 5.91 Å². The van der Waals surface area contributed by atoms with Crippen LogP contribution >= 0.6 is 0 Å². The van der Waals surface area contributed by atoms with Gasteiger partial charge in [-0.05, 0) is 13.3 Å². The van der Waals surface area contributed by atoms with Crippen molar-refractivity contribution in [1.82, 2.24) is 25.8 Å². The highest BCUT2D eigenvalue weighted by atomic mass is 16.5. The second-order valence-corrected chi connectivity index (χ2v) is 5.49. The zero-order valence-corrected chi connectivity index (χ0v) is 13.6. The summed E-state index contributed by atoms with van der Waals surface area (Å²) in [6.45, 7) is 1.70. The van der Waals surface area contributed by atoms with Crippen molar-refractivity contribution < 1.29 is 18.9 Å². The molecular formula is C15H16N6O4. The van der Waals surface area contributed by atoms with Gasteiger partial charge in [-0.25, -0.2) is 9.97 Å². The molecule has 0 aliphatic carbocycles. The fraction of sp³-hybridized carbons (Fsp3) is 0.333. The molecule has 1 atom stereocenters. The molecule has 1 aliphatic rings. The number of rotatable bonds is 4. The normalized spacial score (nSPS) is 14.2. The third kappa shape index (κ3) is 3.32. The van der Waals surface area contributed by atoms with Crippen LogP contribution in [0, 0.1) is 0 Å². The summed E-state index contributed by atoms with van der Waals surface area (Å²) < 4.78 is 5.10. The first-order chi connectivity index (χ1) is 12.0. The number of carbonyl (C=O) groups is 3. The number of carbonyl (C=O) groups excluding carboxylic acids is 3. The van der Waals surface area contributed by atoms with Crippen LogP contribution in [-0.2, 0) is 11.2 Å². The summed E-state index contributed by atoms with van der Waals surface area (Å²) in [5, 5.41) is 11.4. The van der Waals surface area contributed by atoms with Crippen LogP contribution in [0.1, 0.15) is 51.7 Å². The zero-order chi connectivity index (χ0) is 18.0. The summed E-state index contributed by atoms with van der Waals surface area (Å²) >= 11 is 0. The smallest absolute Gasteiger partial charge is 0.273 e. The van der Waals surface area contributed by atoms with Crippen molar-refractivity contribution in [2.24, 2.45) is 0 Å². The predicted molar refractivity (Wildman–Crippen MR) is 84.8 cm³/mol. The van der Waals surface area contributed by atoms with E-state index in [1.54, 1.807) is 6.92 Å². The summed E-state index contributed by atoms with van der Waals surface area (Å²) in [7, 11) is 1.49. The lowest BCUT2D eigenvalue weighted by molar-refractivity contribution is -0.116. The average Bonchev–Trinajstić information content (AvgIpc) is 3.10. The Hall–Kier alpha value is -3.30. The first-order valence-electron chi connectivity index (χ1n) is 7.63. The van der Waals surface area contributed by atoms with Gasteiger partial charge in [0.1, 0.15) is 17.8 Å². The van der Waals surface area contributed by atoms with Crippen LogP contribution in [0.5, 0.6) is 0 Å². The summed E-state index contributed by atoms with van der Waals surface area (Å²) in [5.41, 5.74) is 0.916. The summed E-state index contributed by atoms with van der Waals surface area (Å²) in [6.07, 6.45) is 1.89. The number of amides is 3. The minimum absolute atomic E-state index is 0.126. The Balaban J connectivity index is 1.76. The molecule has 0 fully saturated rings. The summed E-state index contributed by atoms with van der Waals surface area (Å²) in [6, 6.07) is 0.932. The number of fused-ring (bicyclic) bond motifs is 1. The second-order valence-electron chi connectivity index (χ2n) is 5.49. The van der Waals surface area contributed by atoms with E-state index < -0.39 is 11.9 Å². The Morgan fingerprint density at radius 1 is 1.28 bits per heavy atom. The molecule has 0 aromatic carbocycles. The molecule has 10 heteroatoms. The van der Waals surface area contributed by atoms with E-state index in [9.17, 15) is 14.4 Å². The molecule has 2 aromatic heterocycles. The number of hydrogen-bond acceptors (Lipinski definition) is 7. The largest absolute Gasteiger partial charge is 0.358 e. The van der Waals surface area contributed by atoms with E-state index in [4.69, 9.17) is 4.52 Å². The lowest BCUT2D eigenvalue weighted by atomic mass is 10.0. The molecular weight excluding hydrogens is 328 g/mol.